The van der Waals surface area contributed by atoms with Crippen molar-refractivity contribution in [2.75, 3.05) is 38.7 Å². The van der Waals surface area contributed by atoms with Crippen molar-refractivity contribution >= 4 is 17.6 Å². The van der Waals surface area contributed by atoms with Crippen LogP contribution in [0.25, 0.3) is 0 Å². The highest BCUT2D eigenvalue weighted by molar-refractivity contribution is 6.39. The first-order valence-corrected chi connectivity index (χ1v) is 10.2. The highest BCUT2D eigenvalue weighted by Gasteiger charge is 2.47. The molecule has 0 saturated carbocycles. The van der Waals surface area contributed by atoms with Crippen LogP contribution in [0.4, 0.5) is 5.95 Å². The first-order valence-electron chi connectivity index (χ1n) is 10.2. The molecule has 2 unspecified atom stereocenters. The summed E-state index contributed by atoms with van der Waals surface area (Å²) in [5, 5.41) is 4.12. The van der Waals surface area contributed by atoms with E-state index in [2.05, 4.69) is 10.1 Å². The van der Waals surface area contributed by atoms with Gasteiger partial charge in [0.25, 0.3) is 5.91 Å². The Hall–Kier alpha value is -3.00. The summed E-state index contributed by atoms with van der Waals surface area (Å²) >= 11 is 0. The normalized spacial score (nSPS) is 25.1. The van der Waals surface area contributed by atoms with Crippen LogP contribution in [0.1, 0.15) is 35.8 Å². The van der Waals surface area contributed by atoms with Crippen LogP contribution in [0.5, 0.6) is 0 Å². The Labute approximate surface area is 175 Å². The molecular formula is C22H25N5O3. The third-order valence-corrected chi connectivity index (χ3v) is 6.12. The Kier molecular flexibility index (Phi) is 4.66. The van der Waals surface area contributed by atoms with Crippen LogP contribution in [0.3, 0.4) is 0 Å². The van der Waals surface area contributed by atoms with E-state index in [9.17, 15) is 4.79 Å². The summed E-state index contributed by atoms with van der Waals surface area (Å²) in [5.74, 6) is 0.624. The smallest absolute Gasteiger partial charge is 0.271 e. The number of carbonyl (C=O) groups excluding carboxylic acids is 1. The molecule has 0 radical (unpaired) electrons. The maximum atomic E-state index is 13.2. The molecule has 4 heterocycles. The van der Waals surface area contributed by atoms with Crippen LogP contribution in [0.15, 0.2) is 41.7 Å². The predicted molar refractivity (Wildman–Crippen MR) is 111 cm³/mol. The molecule has 0 aliphatic carbocycles. The highest BCUT2D eigenvalue weighted by Crippen LogP contribution is 2.40. The van der Waals surface area contributed by atoms with Crippen LogP contribution in [0.2, 0.25) is 0 Å². The van der Waals surface area contributed by atoms with E-state index in [1.807, 2.05) is 60.4 Å². The molecule has 2 atom stereocenters. The number of rotatable bonds is 3. The summed E-state index contributed by atoms with van der Waals surface area (Å²) in [6.45, 7) is 2.29. The Morgan fingerprint density at radius 1 is 1.27 bits per heavy atom. The second-order valence-corrected chi connectivity index (χ2v) is 8.43. The van der Waals surface area contributed by atoms with Gasteiger partial charge < -0.3 is 19.4 Å². The average molecular weight is 407 g/mol. The number of aromatic nitrogens is 2. The molecule has 3 aliphatic heterocycles. The molecule has 1 fully saturated rings. The molecule has 8 heteroatoms. The summed E-state index contributed by atoms with van der Waals surface area (Å²) in [7, 11) is 3.86. The number of benzene rings is 1. The van der Waals surface area contributed by atoms with Gasteiger partial charge in [0.2, 0.25) is 5.95 Å². The highest BCUT2D eigenvalue weighted by atomic mass is 16.6. The van der Waals surface area contributed by atoms with Gasteiger partial charge in [0.15, 0.2) is 6.10 Å². The van der Waals surface area contributed by atoms with Gasteiger partial charge in [0.05, 0.1) is 24.3 Å². The van der Waals surface area contributed by atoms with E-state index in [1.165, 1.54) is 0 Å². The fraction of sp³-hybridized carbons (Fsp3) is 0.455. The molecule has 0 N–H and O–H groups in total. The molecule has 1 saturated heterocycles. The minimum atomic E-state index is -0.296. The fourth-order valence-corrected chi connectivity index (χ4v) is 4.49. The number of nitrogens with zero attached hydrogens (tertiary/aromatic N) is 5. The van der Waals surface area contributed by atoms with Crippen LogP contribution >= 0.6 is 0 Å². The third-order valence-electron chi connectivity index (χ3n) is 6.12. The van der Waals surface area contributed by atoms with E-state index >= 15 is 0 Å². The molecule has 1 aromatic carbocycles. The van der Waals surface area contributed by atoms with Gasteiger partial charge in [-0.2, -0.15) is 0 Å². The number of anilines is 1. The second-order valence-electron chi connectivity index (χ2n) is 8.43. The Morgan fingerprint density at radius 2 is 2.10 bits per heavy atom. The summed E-state index contributed by atoms with van der Waals surface area (Å²) in [6, 6.07) is 9.89. The first kappa shape index (κ1) is 19.0. The largest absolute Gasteiger partial charge is 0.387 e. The predicted octanol–water partition coefficient (Wildman–Crippen LogP) is 2.06. The van der Waals surface area contributed by atoms with Crippen LogP contribution in [-0.2, 0) is 26.4 Å². The van der Waals surface area contributed by atoms with E-state index < -0.39 is 0 Å². The minimum Gasteiger partial charge on any atom is -0.387 e. The van der Waals surface area contributed by atoms with Crippen molar-refractivity contribution in [3.8, 4) is 0 Å². The fourth-order valence-electron chi connectivity index (χ4n) is 4.49. The SMILES string of the molecule is CN(C)c1ncc2c(n1)C1(CCN(C(=O)C3=NOC(c4ccccc4)C3)C1)COC2. The number of ether oxygens (including phenoxy) is 1. The van der Waals surface area contributed by atoms with Crippen molar-refractivity contribution < 1.29 is 14.4 Å². The third kappa shape index (κ3) is 3.21. The maximum Gasteiger partial charge on any atom is 0.271 e. The Balaban J connectivity index is 1.33. The summed E-state index contributed by atoms with van der Waals surface area (Å²) in [6.07, 6.45) is 2.96. The zero-order valence-electron chi connectivity index (χ0n) is 17.2. The molecule has 5 rings (SSSR count). The molecule has 1 spiro atoms. The molecule has 2 aromatic rings. The molecule has 8 nitrogen and oxygen atoms in total. The quantitative estimate of drug-likeness (QED) is 0.775. The number of hydrogen-bond donors (Lipinski definition) is 0. The van der Waals surface area contributed by atoms with Crippen molar-refractivity contribution in [1.82, 2.24) is 14.9 Å². The van der Waals surface area contributed by atoms with Gasteiger partial charge in [-0.3, -0.25) is 4.79 Å². The lowest BCUT2D eigenvalue weighted by atomic mass is 9.80. The topological polar surface area (TPSA) is 80.2 Å². The molecule has 3 aliphatic rings. The number of carbonyl (C=O) groups is 1. The Bertz CT molecular complexity index is 994. The molecule has 156 valence electrons. The van der Waals surface area contributed by atoms with Crippen LogP contribution < -0.4 is 4.90 Å². The number of fused-ring (bicyclic) bond motifs is 2. The number of likely N-dealkylation sites (tertiary alicyclic amines) is 1. The number of oxime groups is 1. The van der Waals surface area contributed by atoms with Crippen molar-refractivity contribution in [1.29, 1.82) is 0 Å². The van der Waals surface area contributed by atoms with Gasteiger partial charge in [-0.15, -0.1) is 0 Å². The van der Waals surface area contributed by atoms with E-state index in [0.717, 1.165) is 23.2 Å². The van der Waals surface area contributed by atoms with Crippen molar-refractivity contribution in [2.45, 2.75) is 31.0 Å². The lowest BCUT2D eigenvalue weighted by Crippen LogP contribution is -2.43. The molecule has 30 heavy (non-hydrogen) atoms. The van der Waals surface area contributed by atoms with E-state index in [-0.39, 0.29) is 17.4 Å². The van der Waals surface area contributed by atoms with Crippen molar-refractivity contribution in [3.05, 3.63) is 53.3 Å². The van der Waals surface area contributed by atoms with Crippen molar-refractivity contribution in [3.63, 3.8) is 0 Å². The van der Waals surface area contributed by atoms with Crippen molar-refractivity contribution in [2.24, 2.45) is 5.16 Å². The number of hydrogen-bond acceptors (Lipinski definition) is 7. The molecule has 0 bridgehead atoms. The summed E-state index contributed by atoms with van der Waals surface area (Å²) in [4.78, 5) is 31.7. The van der Waals surface area contributed by atoms with E-state index in [0.29, 0.717) is 44.4 Å². The Morgan fingerprint density at radius 3 is 2.90 bits per heavy atom. The zero-order chi connectivity index (χ0) is 20.7. The summed E-state index contributed by atoms with van der Waals surface area (Å²) in [5.41, 5.74) is 3.23. The van der Waals surface area contributed by atoms with Gasteiger partial charge >= 0.3 is 0 Å². The van der Waals surface area contributed by atoms with Gasteiger partial charge in [-0.1, -0.05) is 35.5 Å². The standard InChI is InChI=1S/C22H25N5O3/c1-26(2)21-23-11-16-12-29-14-22(19(16)24-21)8-9-27(13-22)20(28)17-10-18(30-25-17)15-6-4-3-5-7-15/h3-7,11,18H,8-10,12-14H2,1-2H3. The minimum absolute atomic E-state index is 0.0562. The lowest BCUT2D eigenvalue weighted by molar-refractivity contribution is -0.123. The van der Waals surface area contributed by atoms with Gasteiger partial charge in [-0.25, -0.2) is 9.97 Å². The van der Waals surface area contributed by atoms with Gasteiger partial charge in [0, 0.05) is 45.4 Å². The van der Waals surface area contributed by atoms with Crippen LogP contribution in [-0.4, -0.2) is 60.3 Å². The average Bonchev–Trinajstić information content (AvgIpc) is 3.42. The van der Waals surface area contributed by atoms with E-state index in [1.54, 1.807) is 0 Å². The van der Waals surface area contributed by atoms with Crippen LogP contribution in [0, 0.1) is 0 Å². The number of amides is 1. The lowest BCUT2D eigenvalue weighted by Gasteiger charge is -2.34. The first-order chi connectivity index (χ1) is 14.6. The molecular weight excluding hydrogens is 382 g/mol. The van der Waals surface area contributed by atoms with Gasteiger partial charge in [0.1, 0.15) is 5.71 Å². The second kappa shape index (κ2) is 7.36. The van der Waals surface area contributed by atoms with E-state index in [4.69, 9.17) is 14.6 Å². The summed E-state index contributed by atoms with van der Waals surface area (Å²) < 4.78 is 5.88. The molecule has 1 amide bonds. The molecule has 1 aromatic heterocycles. The van der Waals surface area contributed by atoms with Gasteiger partial charge in [-0.05, 0) is 12.0 Å². The monoisotopic (exact) mass is 407 g/mol. The zero-order valence-corrected chi connectivity index (χ0v) is 17.2. The maximum absolute atomic E-state index is 13.2.